The number of hydrogen-bond acceptors (Lipinski definition) is 5. The molecule has 8 heteroatoms. The molecule has 1 saturated carbocycles. The highest BCUT2D eigenvalue weighted by atomic mass is 16.2. The minimum absolute atomic E-state index is 0.0541. The van der Waals surface area contributed by atoms with Gasteiger partial charge in [-0.1, -0.05) is 13.0 Å². The van der Waals surface area contributed by atoms with E-state index in [2.05, 4.69) is 15.9 Å². The molecule has 4 fully saturated rings. The maximum atomic E-state index is 13.4. The van der Waals surface area contributed by atoms with Crippen molar-refractivity contribution in [3.63, 3.8) is 0 Å². The fraction of sp³-hybridized carbons (Fsp3) is 0.600. The Morgan fingerprint density at radius 3 is 2.79 bits per heavy atom. The molecule has 0 radical (unpaired) electrons. The number of carbonyl (C=O) groups excluding carboxylic acids is 3. The number of amides is 3. The zero-order chi connectivity index (χ0) is 23.0. The van der Waals surface area contributed by atoms with E-state index in [4.69, 9.17) is 5.73 Å². The van der Waals surface area contributed by atoms with Gasteiger partial charge in [-0.3, -0.25) is 19.3 Å². The van der Waals surface area contributed by atoms with E-state index in [0.29, 0.717) is 18.0 Å². The Labute approximate surface area is 193 Å². The van der Waals surface area contributed by atoms with Crippen LogP contribution in [0.5, 0.6) is 0 Å². The Hall–Kier alpha value is -2.92. The van der Waals surface area contributed by atoms with Gasteiger partial charge in [-0.15, -0.1) is 0 Å². The lowest BCUT2D eigenvalue weighted by molar-refractivity contribution is -0.142. The molecular formula is C25H29N5O3. The van der Waals surface area contributed by atoms with Gasteiger partial charge in [-0.2, -0.15) is 5.26 Å². The van der Waals surface area contributed by atoms with Crippen molar-refractivity contribution in [2.45, 2.75) is 69.2 Å². The first kappa shape index (κ1) is 20.7. The summed E-state index contributed by atoms with van der Waals surface area (Å²) in [6.07, 6.45) is 4.36. The second kappa shape index (κ2) is 7.29. The molecule has 3 aliphatic heterocycles. The highest BCUT2D eigenvalue weighted by molar-refractivity contribution is 5.93. The molecular weight excluding hydrogens is 418 g/mol. The minimum Gasteiger partial charge on any atom is -0.366 e. The number of nitrogens with two attached hydrogens (primary N) is 1. The molecule has 2 bridgehead atoms. The monoisotopic (exact) mass is 447 g/mol. The van der Waals surface area contributed by atoms with Crippen molar-refractivity contribution < 1.29 is 14.4 Å². The molecule has 6 rings (SSSR count). The number of likely N-dealkylation sites (tertiary alicyclic amines) is 3. The van der Waals surface area contributed by atoms with Crippen molar-refractivity contribution in [2.24, 2.45) is 17.6 Å². The summed E-state index contributed by atoms with van der Waals surface area (Å²) in [6, 6.07) is 7.90. The molecule has 3 saturated heterocycles. The molecule has 3 heterocycles. The van der Waals surface area contributed by atoms with E-state index in [0.717, 1.165) is 49.8 Å². The van der Waals surface area contributed by atoms with Gasteiger partial charge < -0.3 is 15.5 Å². The summed E-state index contributed by atoms with van der Waals surface area (Å²) in [6.45, 7) is 3.28. The summed E-state index contributed by atoms with van der Waals surface area (Å²) in [5.74, 6) is 0.0797. The Morgan fingerprint density at radius 1 is 1.24 bits per heavy atom. The minimum atomic E-state index is -0.427. The highest BCUT2D eigenvalue weighted by Crippen LogP contribution is 2.48. The number of benzene rings is 1. The van der Waals surface area contributed by atoms with Crippen molar-refractivity contribution >= 4 is 17.7 Å². The highest BCUT2D eigenvalue weighted by Gasteiger charge is 2.56. The zero-order valence-electron chi connectivity index (χ0n) is 18.8. The van der Waals surface area contributed by atoms with Gasteiger partial charge in [0.2, 0.25) is 17.7 Å². The Kier molecular flexibility index (Phi) is 4.57. The smallest absolute Gasteiger partial charge is 0.248 e. The number of aryl methyl sites for hydroxylation is 1. The van der Waals surface area contributed by atoms with Gasteiger partial charge in [0.15, 0.2) is 0 Å². The van der Waals surface area contributed by atoms with Crippen molar-refractivity contribution in [2.75, 3.05) is 13.1 Å². The van der Waals surface area contributed by atoms with Crippen LogP contribution >= 0.6 is 0 Å². The van der Waals surface area contributed by atoms with Crippen molar-refractivity contribution in [1.29, 1.82) is 5.26 Å². The third-order valence-corrected chi connectivity index (χ3v) is 8.56. The topological polar surface area (TPSA) is 111 Å². The molecule has 2 N–H and O–H groups in total. The molecule has 172 valence electrons. The van der Waals surface area contributed by atoms with E-state index < -0.39 is 5.91 Å². The van der Waals surface area contributed by atoms with Crippen LogP contribution in [0.25, 0.3) is 0 Å². The SMILES string of the molecule is C[C@@H](CN1C[C@H]2C[C@@H]1C(=O)N2[C@@H]1CCc2cc(C(N)=O)ccc21)C(=O)N1C2C[C@H]2C[C@H]1C#N. The molecule has 3 amide bonds. The van der Waals surface area contributed by atoms with Crippen molar-refractivity contribution in [1.82, 2.24) is 14.7 Å². The van der Waals surface area contributed by atoms with Crippen LogP contribution in [-0.2, 0) is 16.0 Å². The Bertz CT molecular complexity index is 1100. The van der Waals surface area contributed by atoms with Crippen molar-refractivity contribution in [3.8, 4) is 6.07 Å². The summed E-state index contributed by atoms with van der Waals surface area (Å²) in [4.78, 5) is 44.1. The van der Waals surface area contributed by atoms with Crippen LogP contribution in [0.2, 0.25) is 0 Å². The number of carbonyl (C=O) groups is 3. The number of rotatable bonds is 5. The van der Waals surface area contributed by atoms with Gasteiger partial charge in [-0.05, 0) is 61.3 Å². The lowest BCUT2D eigenvalue weighted by Crippen LogP contribution is -2.53. The molecule has 8 nitrogen and oxygen atoms in total. The van der Waals surface area contributed by atoms with Gasteiger partial charge in [0.1, 0.15) is 6.04 Å². The molecule has 1 aromatic rings. The number of fused-ring (bicyclic) bond motifs is 4. The van der Waals surface area contributed by atoms with E-state index in [1.165, 1.54) is 0 Å². The maximum absolute atomic E-state index is 13.4. The Morgan fingerprint density at radius 2 is 2.06 bits per heavy atom. The predicted octanol–water partition coefficient (Wildman–Crippen LogP) is 1.21. The first-order valence-corrected chi connectivity index (χ1v) is 12.1. The van der Waals surface area contributed by atoms with E-state index >= 15 is 0 Å². The van der Waals surface area contributed by atoms with E-state index in [1.54, 1.807) is 6.07 Å². The number of primary amides is 1. The van der Waals surface area contributed by atoms with Crippen LogP contribution < -0.4 is 5.73 Å². The molecule has 1 unspecified atom stereocenters. The summed E-state index contributed by atoms with van der Waals surface area (Å²) < 4.78 is 0. The number of nitrogens with zero attached hydrogens (tertiary/aromatic N) is 4. The largest absolute Gasteiger partial charge is 0.366 e. The second-order valence-electron chi connectivity index (χ2n) is 10.5. The van der Waals surface area contributed by atoms with Crippen LogP contribution in [0, 0.1) is 23.2 Å². The Balaban J connectivity index is 1.13. The first-order valence-electron chi connectivity index (χ1n) is 12.1. The zero-order valence-corrected chi connectivity index (χ0v) is 18.8. The van der Waals surface area contributed by atoms with E-state index in [1.807, 2.05) is 24.0 Å². The molecule has 0 spiro atoms. The summed E-state index contributed by atoms with van der Waals surface area (Å²) in [5, 5.41) is 9.43. The van der Waals surface area contributed by atoms with Gasteiger partial charge >= 0.3 is 0 Å². The molecule has 2 aliphatic carbocycles. The maximum Gasteiger partial charge on any atom is 0.248 e. The van der Waals surface area contributed by atoms with Gasteiger partial charge in [0, 0.05) is 36.7 Å². The van der Waals surface area contributed by atoms with Crippen LogP contribution in [-0.4, -0.2) is 69.7 Å². The molecule has 0 aromatic heterocycles. The summed E-state index contributed by atoms with van der Waals surface area (Å²) >= 11 is 0. The fourth-order valence-electron chi connectivity index (χ4n) is 6.91. The van der Waals surface area contributed by atoms with Crippen LogP contribution in [0.1, 0.15) is 60.1 Å². The number of nitriles is 1. The second-order valence-corrected chi connectivity index (χ2v) is 10.5. The lowest BCUT2D eigenvalue weighted by atomic mass is 10.0. The number of piperidine rings is 1. The van der Waals surface area contributed by atoms with Crippen LogP contribution in [0.4, 0.5) is 0 Å². The van der Waals surface area contributed by atoms with Gasteiger partial charge in [0.05, 0.1) is 18.2 Å². The van der Waals surface area contributed by atoms with Gasteiger partial charge in [-0.25, -0.2) is 0 Å². The normalized spacial score (nSPS) is 34.8. The van der Waals surface area contributed by atoms with Gasteiger partial charge in [0.25, 0.3) is 0 Å². The summed E-state index contributed by atoms with van der Waals surface area (Å²) in [7, 11) is 0. The summed E-state index contributed by atoms with van der Waals surface area (Å²) in [5.41, 5.74) is 8.18. The average Bonchev–Trinajstić information content (AvgIpc) is 3.15. The van der Waals surface area contributed by atoms with Crippen LogP contribution in [0.15, 0.2) is 18.2 Å². The first-order chi connectivity index (χ1) is 15.9. The van der Waals surface area contributed by atoms with Crippen molar-refractivity contribution in [3.05, 3.63) is 34.9 Å². The fourth-order valence-corrected chi connectivity index (χ4v) is 6.91. The molecule has 7 atom stereocenters. The average molecular weight is 448 g/mol. The molecule has 5 aliphatic rings. The molecule has 33 heavy (non-hydrogen) atoms. The lowest BCUT2D eigenvalue weighted by Gasteiger charge is -2.39. The standard InChI is InChI=1S/C25H29N5O3/c1-13(24(32)29-17(10-26)7-16-8-21(16)29)11-28-12-18-9-22(28)25(33)30(18)20-5-3-14-6-15(23(27)31)2-4-19(14)20/h2,4,6,13,16-18,20-22H,3,5,7-9,11-12H2,1H3,(H2,27,31)/t13-,16+,17-,18+,20+,21?,22+/m0/s1. The quantitative estimate of drug-likeness (QED) is 0.729. The number of piperazine rings is 1. The third-order valence-electron chi connectivity index (χ3n) is 8.56. The van der Waals surface area contributed by atoms with Crippen LogP contribution in [0.3, 0.4) is 0 Å². The molecule has 1 aromatic carbocycles. The number of hydrogen-bond donors (Lipinski definition) is 1. The third kappa shape index (κ3) is 3.09. The van der Waals surface area contributed by atoms with E-state index in [-0.39, 0.29) is 47.9 Å². The predicted molar refractivity (Wildman–Crippen MR) is 119 cm³/mol. The van der Waals surface area contributed by atoms with E-state index in [9.17, 15) is 19.6 Å².